The van der Waals surface area contributed by atoms with Crippen molar-refractivity contribution < 1.29 is 4.74 Å². The van der Waals surface area contributed by atoms with Gasteiger partial charge >= 0.3 is 0 Å². The average Bonchev–Trinajstić information content (AvgIpc) is 2.14. The van der Waals surface area contributed by atoms with Crippen LogP contribution in [-0.4, -0.2) is 13.2 Å². The van der Waals surface area contributed by atoms with Gasteiger partial charge < -0.3 is 4.74 Å². The molecule has 0 saturated heterocycles. The molecule has 0 amide bonds. The zero-order valence-corrected chi connectivity index (χ0v) is 12.7. The van der Waals surface area contributed by atoms with Crippen molar-refractivity contribution in [2.75, 3.05) is 7.11 Å². The molecule has 0 aliphatic heterocycles. The number of hydrogen-bond acceptors (Lipinski definition) is 1. The maximum atomic E-state index is 5.58. The standard InChI is InChI=1S/C16H30O/c1-11-8-14(9-12(2)15(11)17-7)13(3)10-16(4,5)6/h8,12-15H,9-10H2,1-7H3. The molecule has 0 spiro atoms. The fourth-order valence-corrected chi connectivity index (χ4v) is 3.43. The van der Waals surface area contributed by atoms with Crippen molar-refractivity contribution in [1.29, 1.82) is 0 Å². The summed E-state index contributed by atoms with van der Waals surface area (Å²) in [6.45, 7) is 14.0. The van der Waals surface area contributed by atoms with Crippen LogP contribution in [0.15, 0.2) is 11.6 Å². The Bertz CT molecular complexity index is 272. The first kappa shape index (κ1) is 14.8. The summed E-state index contributed by atoms with van der Waals surface area (Å²) >= 11 is 0. The second-order valence-corrected chi connectivity index (χ2v) is 7.19. The molecular formula is C16H30O. The molecule has 0 saturated carbocycles. The van der Waals surface area contributed by atoms with Crippen molar-refractivity contribution in [3.8, 4) is 0 Å². The predicted molar refractivity (Wildman–Crippen MR) is 75.1 cm³/mol. The second-order valence-electron chi connectivity index (χ2n) is 7.19. The summed E-state index contributed by atoms with van der Waals surface area (Å²) in [7, 11) is 1.83. The molecule has 4 atom stereocenters. The number of allylic oxidation sites excluding steroid dienone is 1. The molecule has 4 unspecified atom stereocenters. The van der Waals surface area contributed by atoms with Crippen LogP contribution in [0.4, 0.5) is 0 Å². The van der Waals surface area contributed by atoms with Gasteiger partial charge in [-0.25, -0.2) is 0 Å². The van der Waals surface area contributed by atoms with Crippen LogP contribution in [-0.2, 0) is 4.74 Å². The average molecular weight is 238 g/mol. The molecule has 0 fully saturated rings. The molecule has 0 radical (unpaired) electrons. The topological polar surface area (TPSA) is 9.23 Å². The van der Waals surface area contributed by atoms with E-state index in [2.05, 4.69) is 47.6 Å². The Hall–Kier alpha value is -0.300. The third kappa shape index (κ3) is 4.13. The predicted octanol–water partition coefficient (Wildman–Crippen LogP) is 4.68. The van der Waals surface area contributed by atoms with E-state index in [0.29, 0.717) is 17.4 Å². The van der Waals surface area contributed by atoms with E-state index in [1.165, 1.54) is 18.4 Å². The Labute approximate surface area is 108 Å². The third-order valence-corrected chi connectivity index (χ3v) is 4.01. The van der Waals surface area contributed by atoms with Crippen LogP contribution in [0, 0.1) is 23.2 Å². The van der Waals surface area contributed by atoms with Gasteiger partial charge in [0.25, 0.3) is 0 Å². The van der Waals surface area contributed by atoms with Crippen molar-refractivity contribution in [1.82, 2.24) is 0 Å². The van der Waals surface area contributed by atoms with Crippen LogP contribution in [0.3, 0.4) is 0 Å². The highest BCUT2D eigenvalue weighted by Gasteiger charge is 2.30. The zero-order valence-electron chi connectivity index (χ0n) is 12.7. The first-order chi connectivity index (χ1) is 7.74. The van der Waals surface area contributed by atoms with Crippen LogP contribution < -0.4 is 0 Å². The SMILES string of the molecule is COC1C(C)=CC(C(C)CC(C)(C)C)CC1C. The molecule has 0 bridgehead atoms. The minimum Gasteiger partial charge on any atom is -0.377 e. The number of hydrogen-bond donors (Lipinski definition) is 0. The fourth-order valence-electron chi connectivity index (χ4n) is 3.43. The Kier molecular flexibility index (Phi) is 4.83. The minimum atomic E-state index is 0.341. The third-order valence-electron chi connectivity index (χ3n) is 4.01. The minimum absolute atomic E-state index is 0.341. The summed E-state index contributed by atoms with van der Waals surface area (Å²) in [5.41, 5.74) is 1.86. The molecule has 17 heavy (non-hydrogen) atoms. The van der Waals surface area contributed by atoms with Gasteiger partial charge in [0.2, 0.25) is 0 Å². The Balaban J connectivity index is 2.71. The molecule has 1 aliphatic carbocycles. The van der Waals surface area contributed by atoms with E-state index in [1.54, 1.807) is 0 Å². The molecule has 0 heterocycles. The number of rotatable bonds is 3. The van der Waals surface area contributed by atoms with Gasteiger partial charge in [-0.1, -0.05) is 40.7 Å². The Morgan fingerprint density at radius 3 is 2.41 bits per heavy atom. The largest absolute Gasteiger partial charge is 0.377 e. The van der Waals surface area contributed by atoms with E-state index in [9.17, 15) is 0 Å². The van der Waals surface area contributed by atoms with Gasteiger partial charge in [0.15, 0.2) is 0 Å². The van der Waals surface area contributed by atoms with E-state index in [-0.39, 0.29) is 0 Å². The monoisotopic (exact) mass is 238 g/mol. The highest BCUT2D eigenvalue weighted by atomic mass is 16.5. The lowest BCUT2D eigenvalue weighted by atomic mass is 9.72. The van der Waals surface area contributed by atoms with Crippen LogP contribution in [0.1, 0.15) is 54.4 Å². The second kappa shape index (κ2) is 5.56. The molecule has 1 nitrogen and oxygen atoms in total. The lowest BCUT2D eigenvalue weighted by molar-refractivity contribution is 0.0635. The molecular weight excluding hydrogens is 208 g/mol. The van der Waals surface area contributed by atoms with E-state index in [1.807, 2.05) is 7.11 Å². The molecule has 0 aromatic carbocycles. The van der Waals surface area contributed by atoms with Crippen molar-refractivity contribution >= 4 is 0 Å². The van der Waals surface area contributed by atoms with Gasteiger partial charge in [-0.15, -0.1) is 0 Å². The fraction of sp³-hybridized carbons (Fsp3) is 0.875. The summed E-state index contributed by atoms with van der Waals surface area (Å²) in [5.74, 6) is 2.15. The zero-order chi connectivity index (χ0) is 13.2. The first-order valence-corrected chi connectivity index (χ1v) is 6.95. The number of ether oxygens (including phenoxy) is 1. The summed E-state index contributed by atoms with van der Waals surface area (Å²) < 4.78 is 5.58. The van der Waals surface area contributed by atoms with Gasteiger partial charge in [0, 0.05) is 7.11 Å². The van der Waals surface area contributed by atoms with Gasteiger partial charge in [-0.2, -0.15) is 0 Å². The van der Waals surface area contributed by atoms with Crippen LogP contribution in [0.25, 0.3) is 0 Å². The summed E-state index contributed by atoms with van der Waals surface area (Å²) in [4.78, 5) is 0. The summed E-state index contributed by atoms with van der Waals surface area (Å²) in [5, 5.41) is 0. The molecule has 1 heteroatoms. The van der Waals surface area contributed by atoms with Crippen molar-refractivity contribution in [3.63, 3.8) is 0 Å². The smallest absolute Gasteiger partial charge is 0.0804 e. The molecule has 0 aromatic rings. The molecule has 100 valence electrons. The number of methoxy groups -OCH3 is 1. The highest BCUT2D eigenvalue weighted by molar-refractivity contribution is 5.13. The lowest BCUT2D eigenvalue weighted by Gasteiger charge is -2.36. The molecule has 1 rings (SSSR count). The van der Waals surface area contributed by atoms with Crippen LogP contribution in [0.5, 0.6) is 0 Å². The van der Waals surface area contributed by atoms with Gasteiger partial charge in [0.1, 0.15) is 0 Å². The maximum absolute atomic E-state index is 5.58. The molecule has 0 N–H and O–H groups in total. The van der Waals surface area contributed by atoms with E-state index >= 15 is 0 Å². The summed E-state index contributed by atoms with van der Waals surface area (Å²) in [6.07, 6.45) is 5.37. The Morgan fingerprint density at radius 2 is 2.00 bits per heavy atom. The van der Waals surface area contributed by atoms with E-state index in [0.717, 1.165) is 11.8 Å². The van der Waals surface area contributed by atoms with E-state index in [4.69, 9.17) is 4.74 Å². The van der Waals surface area contributed by atoms with Gasteiger partial charge in [-0.05, 0) is 48.5 Å². The van der Waals surface area contributed by atoms with Crippen LogP contribution >= 0.6 is 0 Å². The maximum Gasteiger partial charge on any atom is 0.0804 e. The van der Waals surface area contributed by atoms with Crippen molar-refractivity contribution in [2.45, 2.75) is 60.5 Å². The Morgan fingerprint density at radius 1 is 1.41 bits per heavy atom. The van der Waals surface area contributed by atoms with Gasteiger partial charge in [-0.3, -0.25) is 0 Å². The van der Waals surface area contributed by atoms with Gasteiger partial charge in [0.05, 0.1) is 6.10 Å². The molecule has 1 aliphatic rings. The van der Waals surface area contributed by atoms with Crippen LogP contribution in [0.2, 0.25) is 0 Å². The highest BCUT2D eigenvalue weighted by Crippen LogP contribution is 2.38. The normalized spacial score (nSPS) is 32.2. The summed E-state index contributed by atoms with van der Waals surface area (Å²) in [6, 6.07) is 0. The first-order valence-electron chi connectivity index (χ1n) is 6.95. The van der Waals surface area contributed by atoms with E-state index < -0.39 is 0 Å². The lowest BCUT2D eigenvalue weighted by Crippen LogP contribution is -2.31. The van der Waals surface area contributed by atoms with Crippen molar-refractivity contribution in [3.05, 3.63) is 11.6 Å². The van der Waals surface area contributed by atoms with Crippen molar-refractivity contribution in [2.24, 2.45) is 23.2 Å². The molecule has 0 aromatic heterocycles. The quantitative estimate of drug-likeness (QED) is 0.649.